The van der Waals surface area contributed by atoms with E-state index in [4.69, 9.17) is 4.74 Å². The first-order valence-corrected chi connectivity index (χ1v) is 8.51. The Morgan fingerprint density at radius 3 is 2.95 bits per heavy atom. The zero-order chi connectivity index (χ0) is 14.4. The molecule has 0 heterocycles. The molecule has 1 saturated carbocycles. The van der Waals surface area contributed by atoms with Gasteiger partial charge >= 0.3 is 0 Å². The third kappa shape index (κ3) is 4.78. The quantitative estimate of drug-likeness (QED) is 0.754. The monoisotopic (exact) mass is 339 g/mol. The fourth-order valence-electron chi connectivity index (χ4n) is 3.16. The van der Waals surface area contributed by atoms with Crippen molar-refractivity contribution in [1.82, 2.24) is 5.32 Å². The highest BCUT2D eigenvalue weighted by Crippen LogP contribution is 2.30. The molecule has 3 heteroatoms. The summed E-state index contributed by atoms with van der Waals surface area (Å²) >= 11 is 3.60. The van der Waals surface area contributed by atoms with Crippen molar-refractivity contribution in [3.05, 3.63) is 28.2 Å². The Labute approximate surface area is 131 Å². The van der Waals surface area contributed by atoms with E-state index in [-0.39, 0.29) is 0 Å². The Morgan fingerprint density at radius 1 is 1.35 bits per heavy atom. The second-order valence-electron chi connectivity index (χ2n) is 6.06. The molecule has 1 aliphatic rings. The molecule has 1 N–H and O–H groups in total. The van der Waals surface area contributed by atoms with Crippen LogP contribution in [-0.4, -0.2) is 13.7 Å². The van der Waals surface area contributed by atoms with Crippen LogP contribution in [0.4, 0.5) is 0 Å². The van der Waals surface area contributed by atoms with Gasteiger partial charge in [0.2, 0.25) is 0 Å². The molecule has 1 aliphatic carbocycles. The zero-order valence-corrected chi connectivity index (χ0v) is 14.2. The van der Waals surface area contributed by atoms with Gasteiger partial charge in [-0.2, -0.15) is 0 Å². The number of halogens is 1. The number of nitrogens with one attached hydrogen (secondary N) is 1. The highest BCUT2D eigenvalue weighted by Gasteiger charge is 2.18. The van der Waals surface area contributed by atoms with Crippen LogP contribution in [0, 0.1) is 11.8 Å². The van der Waals surface area contributed by atoms with Crippen molar-refractivity contribution in [3.63, 3.8) is 0 Å². The predicted octanol–water partition coefficient (Wildman–Crippen LogP) is 4.76. The van der Waals surface area contributed by atoms with Gasteiger partial charge in [-0.1, -0.05) is 42.1 Å². The molecule has 2 atom stereocenters. The van der Waals surface area contributed by atoms with Crippen molar-refractivity contribution in [2.45, 2.75) is 45.6 Å². The highest BCUT2D eigenvalue weighted by atomic mass is 79.9. The summed E-state index contributed by atoms with van der Waals surface area (Å²) in [4.78, 5) is 0. The summed E-state index contributed by atoms with van der Waals surface area (Å²) in [6.07, 6.45) is 7.01. The Balaban J connectivity index is 1.73. The summed E-state index contributed by atoms with van der Waals surface area (Å²) in [6.45, 7) is 4.41. The first-order valence-electron chi connectivity index (χ1n) is 7.72. The number of ether oxygens (including phenoxy) is 1. The van der Waals surface area contributed by atoms with Crippen LogP contribution in [0.2, 0.25) is 0 Å². The van der Waals surface area contributed by atoms with Crippen LogP contribution in [0.15, 0.2) is 22.7 Å². The SMILES string of the molecule is COc1ccc(Br)c(CNCCC2CCCC(C)C2)c1. The van der Waals surface area contributed by atoms with Crippen LogP contribution < -0.4 is 10.1 Å². The molecule has 0 saturated heterocycles. The molecule has 0 bridgehead atoms. The normalized spacial score (nSPS) is 22.8. The van der Waals surface area contributed by atoms with E-state index in [0.717, 1.165) is 35.1 Å². The Kier molecular flexibility index (Phi) is 6.37. The number of hydrogen-bond acceptors (Lipinski definition) is 2. The van der Waals surface area contributed by atoms with E-state index in [1.54, 1.807) is 7.11 Å². The molecule has 1 aromatic carbocycles. The van der Waals surface area contributed by atoms with Crippen LogP contribution in [-0.2, 0) is 6.54 Å². The van der Waals surface area contributed by atoms with Gasteiger partial charge in [-0.25, -0.2) is 0 Å². The lowest BCUT2D eigenvalue weighted by molar-refractivity contribution is 0.267. The fraction of sp³-hybridized carbons (Fsp3) is 0.647. The summed E-state index contributed by atoms with van der Waals surface area (Å²) in [5.74, 6) is 2.78. The van der Waals surface area contributed by atoms with E-state index in [9.17, 15) is 0 Å². The minimum Gasteiger partial charge on any atom is -0.497 e. The third-order valence-electron chi connectivity index (χ3n) is 4.34. The van der Waals surface area contributed by atoms with Crippen molar-refractivity contribution in [1.29, 1.82) is 0 Å². The van der Waals surface area contributed by atoms with E-state index < -0.39 is 0 Å². The molecule has 0 amide bonds. The lowest BCUT2D eigenvalue weighted by atomic mass is 9.81. The van der Waals surface area contributed by atoms with E-state index >= 15 is 0 Å². The molecule has 2 unspecified atom stereocenters. The second kappa shape index (κ2) is 8.04. The summed E-state index contributed by atoms with van der Waals surface area (Å²) in [6, 6.07) is 6.13. The summed E-state index contributed by atoms with van der Waals surface area (Å²) in [5, 5.41) is 3.57. The number of rotatable bonds is 6. The Bertz CT molecular complexity index is 421. The highest BCUT2D eigenvalue weighted by molar-refractivity contribution is 9.10. The van der Waals surface area contributed by atoms with E-state index in [2.05, 4.69) is 40.3 Å². The third-order valence-corrected chi connectivity index (χ3v) is 5.12. The van der Waals surface area contributed by atoms with Gasteiger partial charge in [0, 0.05) is 11.0 Å². The molecule has 112 valence electrons. The Morgan fingerprint density at radius 2 is 2.20 bits per heavy atom. The van der Waals surface area contributed by atoms with Gasteiger partial charge in [0.15, 0.2) is 0 Å². The van der Waals surface area contributed by atoms with E-state index in [0.29, 0.717) is 0 Å². The predicted molar refractivity (Wildman–Crippen MR) is 88.1 cm³/mol. The topological polar surface area (TPSA) is 21.3 Å². The lowest BCUT2D eigenvalue weighted by Gasteiger charge is -2.26. The fourth-order valence-corrected chi connectivity index (χ4v) is 3.55. The van der Waals surface area contributed by atoms with Crippen LogP contribution in [0.25, 0.3) is 0 Å². The first-order chi connectivity index (χ1) is 9.69. The molecule has 20 heavy (non-hydrogen) atoms. The van der Waals surface area contributed by atoms with Gasteiger partial charge in [-0.05, 0) is 55.0 Å². The maximum Gasteiger partial charge on any atom is 0.119 e. The van der Waals surface area contributed by atoms with Crippen molar-refractivity contribution >= 4 is 15.9 Å². The van der Waals surface area contributed by atoms with Crippen molar-refractivity contribution in [2.75, 3.05) is 13.7 Å². The summed E-state index contributed by atoms with van der Waals surface area (Å²) < 4.78 is 6.42. The molecule has 1 fully saturated rings. The molecule has 2 rings (SSSR count). The van der Waals surface area contributed by atoms with Gasteiger partial charge in [0.05, 0.1) is 7.11 Å². The van der Waals surface area contributed by atoms with Crippen LogP contribution >= 0.6 is 15.9 Å². The second-order valence-corrected chi connectivity index (χ2v) is 6.91. The average molecular weight is 340 g/mol. The van der Waals surface area contributed by atoms with Crippen molar-refractivity contribution in [2.24, 2.45) is 11.8 Å². The maximum absolute atomic E-state index is 5.27. The van der Waals surface area contributed by atoms with Gasteiger partial charge in [-0.3, -0.25) is 0 Å². The zero-order valence-electron chi connectivity index (χ0n) is 12.6. The number of benzene rings is 1. The van der Waals surface area contributed by atoms with Crippen LogP contribution in [0.5, 0.6) is 5.75 Å². The van der Waals surface area contributed by atoms with Gasteiger partial charge < -0.3 is 10.1 Å². The summed E-state index contributed by atoms with van der Waals surface area (Å²) in [5.41, 5.74) is 1.27. The molecule has 0 spiro atoms. The number of hydrogen-bond donors (Lipinski definition) is 1. The minimum absolute atomic E-state index is 0.903. The summed E-state index contributed by atoms with van der Waals surface area (Å²) in [7, 11) is 1.71. The largest absolute Gasteiger partial charge is 0.497 e. The molecular formula is C17H26BrNO. The van der Waals surface area contributed by atoms with Gasteiger partial charge in [0.1, 0.15) is 5.75 Å². The minimum atomic E-state index is 0.903. The molecule has 1 aromatic rings. The molecule has 0 radical (unpaired) electrons. The molecular weight excluding hydrogens is 314 g/mol. The van der Waals surface area contributed by atoms with E-state index in [1.165, 1.54) is 37.7 Å². The standard InChI is InChI=1S/C17H26BrNO/c1-13-4-3-5-14(10-13)8-9-19-12-15-11-16(20-2)6-7-17(15)18/h6-7,11,13-14,19H,3-5,8-10,12H2,1-2H3. The van der Waals surface area contributed by atoms with Gasteiger partial charge in [-0.15, -0.1) is 0 Å². The maximum atomic E-state index is 5.27. The smallest absolute Gasteiger partial charge is 0.119 e. The van der Waals surface area contributed by atoms with Crippen LogP contribution in [0.3, 0.4) is 0 Å². The van der Waals surface area contributed by atoms with E-state index in [1.807, 2.05) is 6.07 Å². The van der Waals surface area contributed by atoms with Gasteiger partial charge in [0.25, 0.3) is 0 Å². The average Bonchev–Trinajstić information content (AvgIpc) is 2.45. The molecule has 0 aliphatic heterocycles. The number of methoxy groups -OCH3 is 1. The molecule has 2 nitrogen and oxygen atoms in total. The van der Waals surface area contributed by atoms with Crippen molar-refractivity contribution in [3.8, 4) is 5.75 Å². The lowest BCUT2D eigenvalue weighted by Crippen LogP contribution is -2.21. The Hall–Kier alpha value is -0.540. The first kappa shape index (κ1) is 15.8. The van der Waals surface area contributed by atoms with Crippen LogP contribution in [0.1, 0.15) is 44.6 Å². The van der Waals surface area contributed by atoms with Crippen molar-refractivity contribution < 1.29 is 4.74 Å². The molecule has 0 aromatic heterocycles.